The highest BCUT2D eigenvalue weighted by Crippen LogP contribution is 2.65. The van der Waals surface area contributed by atoms with Crippen molar-refractivity contribution in [1.29, 1.82) is 5.26 Å². The number of likely N-dealkylation sites (N-methyl/N-ethyl adjacent to an activating group) is 1. The van der Waals surface area contributed by atoms with Crippen molar-refractivity contribution in [3.05, 3.63) is 98.7 Å². The predicted octanol–water partition coefficient (Wildman–Crippen LogP) is 6.02. The highest BCUT2D eigenvalue weighted by Gasteiger charge is 2.63. The number of benzene rings is 4. The molecule has 7 aliphatic heterocycles. The summed E-state index contributed by atoms with van der Waals surface area (Å²) in [4.78, 5) is 53.4. The number of rotatable bonds is 4. The fourth-order valence-corrected chi connectivity index (χ4v) is 13.7. The summed E-state index contributed by atoms with van der Waals surface area (Å²) in [5, 5.41) is 34.7. The van der Waals surface area contributed by atoms with E-state index in [4.69, 9.17) is 28.4 Å². The van der Waals surface area contributed by atoms with E-state index in [1.807, 2.05) is 44.3 Å². The van der Waals surface area contributed by atoms with E-state index < -0.39 is 52.8 Å². The third-order valence-electron chi connectivity index (χ3n) is 14.7. The Morgan fingerprint density at radius 2 is 1.79 bits per heavy atom. The molecule has 1 amide bonds. The number of nitrogens with zero attached hydrogens (tertiary/aromatic N) is 4. The van der Waals surface area contributed by atoms with Crippen LogP contribution >= 0.6 is 11.8 Å². The number of aromatic amines is 1. The lowest BCUT2D eigenvalue weighted by atomic mass is 9.71. The van der Waals surface area contributed by atoms with E-state index >= 15 is 9.59 Å². The maximum Gasteiger partial charge on any atom is 0.337 e. The Kier molecular flexibility index (Phi) is 9.70. The minimum absolute atomic E-state index is 0.00932. The van der Waals surface area contributed by atoms with Crippen molar-refractivity contribution in [1.82, 2.24) is 19.7 Å². The molecule has 0 saturated carbocycles. The molecular weight excluding hydrogens is 867 g/mol. The molecular formula is C49H47N5O11S. The zero-order chi connectivity index (χ0) is 46.1. The average Bonchev–Trinajstić information content (AvgIpc) is 3.97. The fraction of sp³-hybridized carbons (Fsp3) is 0.388. The summed E-state index contributed by atoms with van der Waals surface area (Å²) in [6.07, 6.45) is 2.39. The summed E-state index contributed by atoms with van der Waals surface area (Å²) in [5.41, 5.74) is 4.32. The van der Waals surface area contributed by atoms with Crippen LogP contribution in [0.3, 0.4) is 0 Å². The minimum Gasteiger partial charge on any atom is -0.504 e. The highest BCUT2D eigenvalue weighted by atomic mass is 32.2. The van der Waals surface area contributed by atoms with Crippen LogP contribution in [0.2, 0.25) is 0 Å². The maximum atomic E-state index is 15.8. The summed E-state index contributed by atoms with van der Waals surface area (Å²) in [6, 6.07) is 12.0. The molecule has 3 N–H and O–H groups in total. The van der Waals surface area contributed by atoms with Gasteiger partial charge in [-0.2, -0.15) is 5.26 Å². The summed E-state index contributed by atoms with van der Waals surface area (Å²) >= 11 is 1.36. The number of amides is 1. The first kappa shape index (κ1) is 42.1. The Labute approximate surface area is 383 Å². The summed E-state index contributed by atoms with van der Waals surface area (Å²) in [6.45, 7) is 4.66. The van der Waals surface area contributed by atoms with Crippen LogP contribution in [0.4, 0.5) is 0 Å². The van der Waals surface area contributed by atoms with E-state index in [2.05, 4.69) is 20.9 Å². The molecule has 1 spiro atoms. The van der Waals surface area contributed by atoms with Crippen LogP contribution in [-0.4, -0.2) is 113 Å². The number of aromatic nitrogens is 1. The Balaban J connectivity index is 1.19. The second kappa shape index (κ2) is 15.2. The molecule has 0 aliphatic carbocycles. The molecule has 16 nitrogen and oxygen atoms in total. The van der Waals surface area contributed by atoms with Gasteiger partial charge in [0.15, 0.2) is 40.0 Å². The lowest BCUT2D eigenvalue weighted by Gasteiger charge is -2.62. The monoisotopic (exact) mass is 913 g/mol. The molecule has 1 aromatic heterocycles. The van der Waals surface area contributed by atoms with Gasteiger partial charge in [-0.25, -0.2) is 4.79 Å². The second-order valence-electron chi connectivity index (χ2n) is 17.8. The lowest BCUT2D eigenvalue weighted by Crippen LogP contribution is -2.69. The third kappa shape index (κ3) is 5.67. The number of para-hydroxylation sites is 1. The second-order valence-corrected chi connectivity index (χ2v) is 19.0. The Bertz CT molecular complexity index is 2980. The Morgan fingerprint density at radius 1 is 1.00 bits per heavy atom. The fourth-order valence-electron chi connectivity index (χ4n) is 12.0. The van der Waals surface area contributed by atoms with E-state index in [1.54, 1.807) is 30.2 Å². The molecule has 4 aromatic carbocycles. The van der Waals surface area contributed by atoms with Gasteiger partial charge in [-0.3, -0.25) is 19.4 Å². The van der Waals surface area contributed by atoms with Crippen molar-refractivity contribution in [2.45, 2.75) is 74.6 Å². The van der Waals surface area contributed by atoms with Gasteiger partial charge in [-0.05, 0) is 74.2 Å². The van der Waals surface area contributed by atoms with E-state index in [0.29, 0.717) is 74.4 Å². The first-order valence-corrected chi connectivity index (χ1v) is 22.9. The van der Waals surface area contributed by atoms with Crippen molar-refractivity contribution in [3.63, 3.8) is 0 Å². The van der Waals surface area contributed by atoms with Gasteiger partial charge in [0.1, 0.15) is 18.4 Å². The van der Waals surface area contributed by atoms with Crippen molar-refractivity contribution in [3.8, 4) is 46.3 Å². The summed E-state index contributed by atoms with van der Waals surface area (Å²) < 4.78 is 36.8. The van der Waals surface area contributed by atoms with Crippen molar-refractivity contribution < 1.29 is 53.0 Å². The average molecular weight is 914 g/mol. The lowest BCUT2D eigenvalue weighted by molar-refractivity contribution is -0.162. The van der Waals surface area contributed by atoms with Gasteiger partial charge < -0.3 is 48.5 Å². The zero-order valence-corrected chi connectivity index (χ0v) is 37.9. The topological polar surface area (TPSA) is 196 Å². The molecule has 5 aromatic rings. The zero-order valence-electron chi connectivity index (χ0n) is 37.1. The van der Waals surface area contributed by atoms with Crippen LogP contribution in [0.25, 0.3) is 10.9 Å². The first-order valence-electron chi connectivity index (χ1n) is 21.8. The van der Waals surface area contributed by atoms with Crippen LogP contribution in [0.5, 0.6) is 40.2 Å². The number of piperazine rings is 1. The number of aryl methyl sites for hydroxylation is 1. The van der Waals surface area contributed by atoms with Gasteiger partial charge in [-0.1, -0.05) is 24.3 Å². The first-order chi connectivity index (χ1) is 31.8. The highest BCUT2D eigenvalue weighted by molar-refractivity contribution is 7.99. The molecule has 66 heavy (non-hydrogen) atoms. The minimum atomic E-state index is -1.82. The molecule has 4 bridgehead atoms. The number of thioether (sulfide) groups is 1. The number of hydrogen-bond acceptors (Lipinski definition) is 15. The SMILES string of the molecule is COc1cc2c(cc1O)CCN(C(=O)c1c[nH]c3ccccc13)[C@]21CS[C@@H]2c3c(OC(C)=O)c(C)c4c(c3[C@H](COC1=O)N1[C@@H]2[C@H]2c3c(cc(C)c(OC)c3O)C[C@@H]([C@@H]1C#N)N2C)OCO4. The Hall–Kier alpha value is -6.61. The number of ether oxygens (including phenoxy) is 6. The predicted molar refractivity (Wildman–Crippen MR) is 239 cm³/mol. The van der Waals surface area contributed by atoms with Crippen LogP contribution in [0.1, 0.15) is 79.1 Å². The van der Waals surface area contributed by atoms with Crippen LogP contribution in [-0.2, 0) is 32.7 Å². The maximum absolute atomic E-state index is 15.8. The molecule has 12 rings (SSSR count). The van der Waals surface area contributed by atoms with Gasteiger partial charge in [0, 0.05) is 70.7 Å². The number of hydrogen-bond donors (Lipinski definition) is 3. The quantitative estimate of drug-likeness (QED) is 0.140. The van der Waals surface area contributed by atoms with Gasteiger partial charge in [0.25, 0.3) is 5.91 Å². The molecule has 17 heteroatoms. The van der Waals surface area contributed by atoms with E-state index in [-0.39, 0.29) is 54.7 Å². The number of esters is 2. The molecule has 7 atom stereocenters. The molecule has 7 aliphatic rings. The molecule has 0 unspecified atom stereocenters. The number of aromatic hydroxyl groups is 2. The van der Waals surface area contributed by atoms with Crippen LogP contribution in [0, 0.1) is 25.2 Å². The molecule has 8 heterocycles. The van der Waals surface area contributed by atoms with E-state index in [9.17, 15) is 20.3 Å². The number of H-pyrrole nitrogens is 1. The van der Waals surface area contributed by atoms with Crippen molar-refractivity contribution in [2.75, 3.05) is 47.0 Å². The smallest absolute Gasteiger partial charge is 0.337 e. The number of nitriles is 1. The van der Waals surface area contributed by atoms with Crippen molar-refractivity contribution in [2.24, 2.45) is 0 Å². The standard InChI is InChI=1S/C49H47N5O11S/c1-22-13-26-14-31-32(17-50)54-33-19-62-48(59)49(29-16-35(60-5)34(56)15-25(29)11-12-53(49)47(58)28-18-51-30-10-8-7-9-27(28)30)20-66-46(40(54)39(52(31)4)36(26)41(57)42(22)61-6)38-37(33)45-44(63-21-64-45)23(2)43(38)65-24(3)55/h7-10,13,15-16,18,31-33,39-40,46,51,56-57H,11-12,14,19-21H2,1-6H3/t31-,32-,33-,39+,40+,46+,49+/m0/s1. The third-order valence-corrected chi connectivity index (χ3v) is 16.2. The van der Waals surface area contributed by atoms with Gasteiger partial charge in [0.2, 0.25) is 6.79 Å². The van der Waals surface area contributed by atoms with E-state index in [1.165, 1.54) is 32.9 Å². The summed E-state index contributed by atoms with van der Waals surface area (Å²) in [7, 11) is 4.90. The number of nitrogens with one attached hydrogen (secondary N) is 1. The normalized spacial score (nSPS) is 26.1. The number of phenols is 2. The number of phenolic OH excluding ortho intramolecular Hbond substituents is 2. The molecule has 0 radical (unpaired) electrons. The molecule has 340 valence electrons. The molecule has 2 saturated heterocycles. The number of methoxy groups -OCH3 is 2. The number of carbonyl (C=O) groups excluding carboxylic acids is 3. The van der Waals surface area contributed by atoms with Gasteiger partial charge in [-0.15, -0.1) is 11.8 Å². The van der Waals surface area contributed by atoms with Gasteiger partial charge in [0.05, 0.1) is 43.2 Å². The van der Waals surface area contributed by atoms with Crippen LogP contribution < -0.4 is 23.7 Å². The molecule has 2 fully saturated rings. The number of carbonyl (C=O) groups is 3. The van der Waals surface area contributed by atoms with Crippen LogP contribution in [0.15, 0.2) is 48.7 Å². The Morgan fingerprint density at radius 3 is 2.55 bits per heavy atom. The van der Waals surface area contributed by atoms with Crippen molar-refractivity contribution >= 4 is 40.5 Å². The van der Waals surface area contributed by atoms with Gasteiger partial charge >= 0.3 is 11.9 Å². The number of fused-ring (bicyclic) bond motifs is 10. The summed E-state index contributed by atoms with van der Waals surface area (Å²) in [5.74, 6) is -0.449. The largest absolute Gasteiger partial charge is 0.504 e. The van der Waals surface area contributed by atoms with E-state index in [0.717, 1.165) is 16.6 Å².